The van der Waals surface area contributed by atoms with Gasteiger partial charge < -0.3 is 9.47 Å². The maximum Gasteiger partial charge on any atom is 0.312 e. The van der Waals surface area contributed by atoms with Crippen LogP contribution in [0.2, 0.25) is 0 Å². The second kappa shape index (κ2) is 6.97. The van der Waals surface area contributed by atoms with Gasteiger partial charge in [0.15, 0.2) is 0 Å². The number of rotatable bonds is 7. The zero-order valence-electron chi connectivity index (χ0n) is 14.2. The summed E-state index contributed by atoms with van der Waals surface area (Å²) in [5, 5.41) is 0. The first kappa shape index (κ1) is 17.5. The zero-order valence-corrected chi connectivity index (χ0v) is 14.2. The third kappa shape index (κ3) is 3.22. The van der Waals surface area contributed by atoms with Crippen molar-refractivity contribution in [3.05, 3.63) is 29.8 Å². The molecule has 0 aromatic heterocycles. The number of esters is 1. The van der Waals surface area contributed by atoms with Crippen LogP contribution in [-0.4, -0.2) is 19.7 Å². The Bertz CT molecular complexity index is 479. The Balaban J connectivity index is 3.36. The molecule has 0 fully saturated rings. The summed E-state index contributed by atoms with van der Waals surface area (Å²) in [7, 11) is 1.66. The molecule has 0 N–H and O–H groups in total. The van der Waals surface area contributed by atoms with Crippen LogP contribution in [0.5, 0.6) is 5.75 Å². The Hall–Kier alpha value is -1.51. The number of hydrogen-bond donors (Lipinski definition) is 0. The molecule has 3 heteroatoms. The SMILES string of the molecule is CCCC(C)(C(=O)OCC)C(C)(C)c1ccccc1OC. The normalized spacial score (nSPS) is 14.4. The predicted octanol–water partition coefficient (Wildman–Crippen LogP) is 4.34. The van der Waals surface area contributed by atoms with Crippen molar-refractivity contribution < 1.29 is 14.3 Å². The van der Waals surface area contributed by atoms with Crippen LogP contribution in [0, 0.1) is 5.41 Å². The van der Waals surface area contributed by atoms with Gasteiger partial charge in [-0.05, 0) is 26.3 Å². The first-order chi connectivity index (χ1) is 9.85. The third-order valence-electron chi connectivity index (χ3n) is 4.64. The standard InChI is InChI=1S/C18H28O3/c1-7-13-18(5,16(19)21-8-2)17(3,4)14-11-9-10-12-15(14)20-6/h9-12H,7-8,13H2,1-6H3. The van der Waals surface area contributed by atoms with Crippen molar-refractivity contribution in [2.75, 3.05) is 13.7 Å². The van der Waals surface area contributed by atoms with Gasteiger partial charge in [-0.2, -0.15) is 0 Å². The van der Waals surface area contributed by atoms with Crippen LogP contribution in [0.3, 0.4) is 0 Å². The van der Waals surface area contributed by atoms with Gasteiger partial charge in [-0.15, -0.1) is 0 Å². The van der Waals surface area contributed by atoms with Gasteiger partial charge in [-0.1, -0.05) is 45.4 Å². The molecule has 118 valence electrons. The summed E-state index contributed by atoms with van der Waals surface area (Å²) in [6.45, 7) is 10.5. The highest BCUT2D eigenvalue weighted by atomic mass is 16.5. The smallest absolute Gasteiger partial charge is 0.312 e. The molecule has 1 unspecified atom stereocenters. The summed E-state index contributed by atoms with van der Waals surface area (Å²) in [5.74, 6) is 0.678. The molecular weight excluding hydrogens is 264 g/mol. The minimum atomic E-state index is -0.591. The number of carbonyl (C=O) groups is 1. The lowest BCUT2D eigenvalue weighted by atomic mass is 9.61. The lowest BCUT2D eigenvalue weighted by molar-refractivity contribution is -0.159. The monoisotopic (exact) mass is 292 g/mol. The molecule has 0 amide bonds. The van der Waals surface area contributed by atoms with E-state index in [4.69, 9.17) is 9.47 Å². The van der Waals surface area contributed by atoms with Crippen molar-refractivity contribution in [2.45, 2.75) is 52.9 Å². The first-order valence-electron chi connectivity index (χ1n) is 7.65. The summed E-state index contributed by atoms with van der Waals surface area (Å²) < 4.78 is 10.9. The average molecular weight is 292 g/mol. The van der Waals surface area contributed by atoms with Crippen molar-refractivity contribution in [1.29, 1.82) is 0 Å². The van der Waals surface area contributed by atoms with E-state index in [-0.39, 0.29) is 11.4 Å². The Morgan fingerprint density at radius 1 is 1.14 bits per heavy atom. The molecule has 0 aliphatic rings. The molecule has 0 bridgehead atoms. The summed E-state index contributed by atoms with van der Waals surface area (Å²) >= 11 is 0. The third-order valence-corrected chi connectivity index (χ3v) is 4.64. The molecule has 1 aromatic carbocycles. The molecule has 0 spiro atoms. The van der Waals surface area contributed by atoms with E-state index in [2.05, 4.69) is 20.8 Å². The zero-order chi connectivity index (χ0) is 16.1. The van der Waals surface area contributed by atoms with E-state index in [0.29, 0.717) is 6.61 Å². The van der Waals surface area contributed by atoms with E-state index in [1.807, 2.05) is 38.1 Å². The van der Waals surface area contributed by atoms with Crippen LogP contribution in [-0.2, 0) is 14.9 Å². The first-order valence-corrected chi connectivity index (χ1v) is 7.65. The Kier molecular flexibility index (Phi) is 5.82. The van der Waals surface area contributed by atoms with Crippen LogP contribution in [0.4, 0.5) is 0 Å². The lowest BCUT2D eigenvalue weighted by Gasteiger charge is -2.43. The van der Waals surface area contributed by atoms with E-state index in [1.165, 1.54) is 0 Å². The van der Waals surface area contributed by atoms with Gasteiger partial charge in [0.2, 0.25) is 0 Å². The van der Waals surface area contributed by atoms with E-state index in [9.17, 15) is 4.79 Å². The number of methoxy groups -OCH3 is 1. The average Bonchev–Trinajstić information content (AvgIpc) is 2.47. The van der Waals surface area contributed by atoms with Crippen molar-refractivity contribution >= 4 is 5.97 Å². The summed E-state index contributed by atoms with van der Waals surface area (Å²) in [4.78, 5) is 12.6. The Labute approximate surface area is 128 Å². The van der Waals surface area contributed by atoms with Gasteiger partial charge in [0.1, 0.15) is 5.75 Å². The van der Waals surface area contributed by atoms with Gasteiger partial charge in [-0.25, -0.2) is 0 Å². The van der Waals surface area contributed by atoms with Crippen molar-refractivity contribution in [2.24, 2.45) is 5.41 Å². The van der Waals surface area contributed by atoms with E-state index in [1.54, 1.807) is 7.11 Å². The molecule has 3 nitrogen and oxygen atoms in total. The molecule has 1 aromatic rings. The highest BCUT2D eigenvalue weighted by molar-refractivity contribution is 5.79. The molecule has 1 atom stereocenters. The molecule has 0 saturated heterocycles. The van der Waals surface area contributed by atoms with Crippen LogP contribution >= 0.6 is 0 Å². The molecular formula is C18H28O3. The summed E-state index contributed by atoms with van der Waals surface area (Å²) in [6, 6.07) is 7.90. The molecule has 0 heterocycles. The maximum atomic E-state index is 12.6. The Morgan fingerprint density at radius 2 is 1.76 bits per heavy atom. The lowest BCUT2D eigenvalue weighted by Crippen LogP contribution is -2.46. The highest BCUT2D eigenvalue weighted by Crippen LogP contribution is 2.48. The van der Waals surface area contributed by atoms with Crippen molar-refractivity contribution in [3.8, 4) is 5.75 Å². The van der Waals surface area contributed by atoms with Gasteiger partial charge in [-0.3, -0.25) is 4.79 Å². The topological polar surface area (TPSA) is 35.5 Å². The van der Waals surface area contributed by atoms with E-state index >= 15 is 0 Å². The molecule has 0 aliphatic heterocycles. The van der Waals surface area contributed by atoms with Gasteiger partial charge in [0.05, 0.1) is 19.1 Å². The summed E-state index contributed by atoms with van der Waals surface area (Å²) in [6.07, 6.45) is 1.70. The molecule has 21 heavy (non-hydrogen) atoms. The number of benzene rings is 1. The number of ether oxygens (including phenoxy) is 2. The quantitative estimate of drug-likeness (QED) is 0.701. The molecule has 1 rings (SSSR count). The summed E-state index contributed by atoms with van der Waals surface area (Å²) in [5.41, 5.74) is 0.0605. The largest absolute Gasteiger partial charge is 0.496 e. The van der Waals surface area contributed by atoms with Gasteiger partial charge >= 0.3 is 5.97 Å². The van der Waals surface area contributed by atoms with E-state index in [0.717, 1.165) is 24.2 Å². The predicted molar refractivity (Wildman–Crippen MR) is 85.7 cm³/mol. The fourth-order valence-electron chi connectivity index (χ4n) is 2.92. The number of carbonyl (C=O) groups excluding carboxylic acids is 1. The fourth-order valence-corrected chi connectivity index (χ4v) is 2.92. The fraction of sp³-hybridized carbons (Fsp3) is 0.611. The van der Waals surface area contributed by atoms with Gasteiger partial charge in [0, 0.05) is 11.0 Å². The second-order valence-electron chi connectivity index (χ2n) is 6.13. The minimum absolute atomic E-state index is 0.136. The van der Waals surface area contributed by atoms with E-state index < -0.39 is 5.41 Å². The molecule has 0 saturated carbocycles. The molecule has 0 radical (unpaired) electrons. The van der Waals surface area contributed by atoms with Crippen molar-refractivity contribution in [1.82, 2.24) is 0 Å². The molecule has 0 aliphatic carbocycles. The number of para-hydroxylation sites is 1. The van der Waals surface area contributed by atoms with Crippen LogP contribution < -0.4 is 4.74 Å². The second-order valence-corrected chi connectivity index (χ2v) is 6.13. The highest BCUT2D eigenvalue weighted by Gasteiger charge is 2.49. The van der Waals surface area contributed by atoms with Crippen LogP contribution in [0.15, 0.2) is 24.3 Å². The van der Waals surface area contributed by atoms with Crippen molar-refractivity contribution in [3.63, 3.8) is 0 Å². The maximum absolute atomic E-state index is 12.6. The minimum Gasteiger partial charge on any atom is -0.496 e. The van der Waals surface area contributed by atoms with Crippen LogP contribution in [0.25, 0.3) is 0 Å². The van der Waals surface area contributed by atoms with Gasteiger partial charge in [0.25, 0.3) is 0 Å². The van der Waals surface area contributed by atoms with Crippen LogP contribution in [0.1, 0.15) is 53.0 Å². The Morgan fingerprint density at radius 3 is 2.29 bits per heavy atom. The number of hydrogen-bond acceptors (Lipinski definition) is 3.